The molecular weight excluding hydrogens is 423 g/mol. The summed E-state index contributed by atoms with van der Waals surface area (Å²) in [6, 6.07) is 0. The van der Waals surface area contributed by atoms with Gasteiger partial charge in [-0.05, 0) is 13.3 Å². The number of aliphatic imine (C=N–C) groups is 1. The molecule has 0 spiro atoms. The Labute approximate surface area is 161 Å². The van der Waals surface area contributed by atoms with Crippen molar-refractivity contribution in [2.75, 3.05) is 34.3 Å². The van der Waals surface area contributed by atoms with Crippen LogP contribution in [-0.4, -0.2) is 60.8 Å². The molecule has 1 aromatic rings. The van der Waals surface area contributed by atoms with Crippen LogP contribution in [0.4, 0.5) is 0 Å². The summed E-state index contributed by atoms with van der Waals surface area (Å²) in [5.74, 6) is 1.30. The van der Waals surface area contributed by atoms with Gasteiger partial charge in [0.15, 0.2) is 5.96 Å². The predicted molar refractivity (Wildman–Crippen MR) is 106 cm³/mol. The average Bonchev–Trinajstić information content (AvgIpc) is 2.84. The van der Waals surface area contributed by atoms with Gasteiger partial charge in [0.2, 0.25) is 11.8 Å². The minimum atomic E-state index is -0.0104. The highest BCUT2D eigenvalue weighted by Gasteiger charge is 2.15. The highest BCUT2D eigenvalue weighted by atomic mass is 127. The molecule has 0 radical (unpaired) electrons. The van der Waals surface area contributed by atoms with Crippen molar-refractivity contribution in [3.05, 3.63) is 11.3 Å². The number of halogens is 1. The molecule has 1 amide bonds. The molecule has 2 N–H and O–H groups in total. The first-order valence-corrected chi connectivity index (χ1v) is 7.75. The Hall–Kier alpha value is -1.52. The van der Waals surface area contributed by atoms with Crippen LogP contribution in [0.1, 0.15) is 25.1 Å². The zero-order valence-electron chi connectivity index (χ0n) is 15.3. The number of aromatic nitrogens is 2. The monoisotopic (exact) mass is 452 g/mol. The number of likely N-dealkylation sites (N-methyl/N-ethyl adjacent to an activating group) is 1. The summed E-state index contributed by atoms with van der Waals surface area (Å²) in [6.07, 6.45) is 0.811. The summed E-state index contributed by atoms with van der Waals surface area (Å²) in [7, 11) is 6.93. The lowest BCUT2D eigenvalue weighted by molar-refractivity contribution is -0.127. The van der Waals surface area contributed by atoms with Crippen LogP contribution in [0.5, 0.6) is 5.88 Å². The summed E-state index contributed by atoms with van der Waals surface area (Å²) in [5, 5.41) is 10.6. The van der Waals surface area contributed by atoms with E-state index in [9.17, 15) is 4.79 Å². The van der Waals surface area contributed by atoms with Crippen LogP contribution in [0.25, 0.3) is 0 Å². The van der Waals surface area contributed by atoms with Gasteiger partial charge in [-0.2, -0.15) is 5.10 Å². The van der Waals surface area contributed by atoms with Crippen LogP contribution in [0.15, 0.2) is 4.99 Å². The van der Waals surface area contributed by atoms with Crippen molar-refractivity contribution in [2.45, 2.75) is 26.8 Å². The Morgan fingerprint density at radius 3 is 2.50 bits per heavy atom. The Morgan fingerprint density at radius 2 is 2.00 bits per heavy atom. The van der Waals surface area contributed by atoms with Crippen LogP contribution >= 0.6 is 24.0 Å². The molecule has 1 heterocycles. The highest BCUT2D eigenvalue weighted by Crippen LogP contribution is 2.22. The van der Waals surface area contributed by atoms with E-state index in [2.05, 4.69) is 20.7 Å². The smallest absolute Gasteiger partial charge is 0.241 e. The summed E-state index contributed by atoms with van der Waals surface area (Å²) in [4.78, 5) is 17.8. The maximum Gasteiger partial charge on any atom is 0.241 e. The van der Waals surface area contributed by atoms with E-state index in [0.717, 1.165) is 17.7 Å². The number of amides is 1. The molecule has 0 unspecified atom stereocenters. The second kappa shape index (κ2) is 11.1. The molecule has 0 atom stereocenters. The molecule has 0 aliphatic heterocycles. The molecule has 1 rings (SSSR count). The molecule has 8 nitrogen and oxygen atoms in total. The SMILES string of the molecule is CCNC(=NCc1c(CC)nn(C)c1OC)NCC(=O)N(C)C.I. The van der Waals surface area contributed by atoms with Crippen LogP contribution in [-0.2, 0) is 24.8 Å². The van der Waals surface area contributed by atoms with E-state index in [1.807, 2.05) is 20.9 Å². The largest absolute Gasteiger partial charge is 0.481 e. The number of nitrogens with zero attached hydrogens (tertiary/aromatic N) is 4. The van der Waals surface area contributed by atoms with Gasteiger partial charge in [0, 0.05) is 27.7 Å². The van der Waals surface area contributed by atoms with Gasteiger partial charge in [-0.15, -0.1) is 24.0 Å². The molecule has 0 aliphatic rings. The fourth-order valence-electron chi connectivity index (χ4n) is 2.12. The number of ether oxygens (including phenoxy) is 1. The van der Waals surface area contributed by atoms with Crippen LogP contribution in [0, 0.1) is 0 Å². The van der Waals surface area contributed by atoms with E-state index in [4.69, 9.17) is 4.74 Å². The number of hydrogen-bond acceptors (Lipinski definition) is 4. The maximum absolute atomic E-state index is 11.7. The standard InChI is InChI=1S/C15H28N6O2.HI/c1-7-12-11(14(23-6)21(5)19-12)9-17-15(16-8-2)18-10-13(22)20(3)4;/h7-10H2,1-6H3,(H2,16,17,18);1H. The topological polar surface area (TPSA) is 83.8 Å². The van der Waals surface area contributed by atoms with E-state index in [-0.39, 0.29) is 36.4 Å². The molecule has 0 saturated heterocycles. The number of carbonyl (C=O) groups excluding carboxylic acids is 1. The molecule has 9 heteroatoms. The lowest BCUT2D eigenvalue weighted by atomic mass is 10.2. The van der Waals surface area contributed by atoms with E-state index in [1.165, 1.54) is 4.90 Å². The lowest BCUT2D eigenvalue weighted by Gasteiger charge is -2.14. The minimum absolute atomic E-state index is 0. The third kappa shape index (κ3) is 6.17. The van der Waals surface area contributed by atoms with Gasteiger partial charge in [0.25, 0.3) is 0 Å². The van der Waals surface area contributed by atoms with Crippen LogP contribution < -0.4 is 15.4 Å². The number of guanidine groups is 1. The fraction of sp³-hybridized carbons (Fsp3) is 0.667. The van der Waals surface area contributed by atoms with Crippen molar-refractivity contribution in [3.63, 3.8) is 0 Å². The number of hydrogen-bond donors (Lipinski definition) is 2. The van der Waals surface area contributed by atoms with Gasteiger partial charge in [0.05, 0.1) is 31.5 Å². The van der Waals surface area contributed by atoms with Crippen molar-refractivity contribution < 1.29 is 9.53 Å². The highest BCUT2D eigenvalue weighted by molar-refractivity contribution is 14.0. The van der Waals surface area contributed by atoms with Crippen LogP contribution in [0.2, 0.25) is 0 Å². The van der Waals surface area contributed by atoms with Gasteiger partial charge >= 0.3 is 0 Å². The number of carbonyl (C=O) groups is 1. The first-order chi connectivity index (χ1) is 10.9. The summed E-state index contributed by atoms with van der Waals surface area (Å²) in [6.45, 7) is 5.38. The van der Waals surface area contributed by atoms with Gasteiger partial charge in [-0.1, -0.05) is 6.92 Å². The van der Waals surface area contributed by atoms with Gasteiger partial charge in [-0.3, -0.25) is 4.79 Å². The molecule has 0 aromatic carbocycles. The van der Waals surface area contributed by atoms with E-state index in [1.54, 1.807) is 25.9 Å². The maximum atomic E-state index is 11.7. The second-order valence-electron chi connectivity index (χ2n) is 5.25. The second-order valence-corrected chi connectivity index (χ2v) is 5.25. The molecule has 0 saturated carbocycles. The number of aryl methyl sites for hydroxylation is 2. The van der Waals surface area contributed by atoms with E-state index >= 15 is 0 Å². The summed E-state index contributed by atoms with van der Waals surface area (Å²) >= 11 is 0. The first kappa shape index (κ1) is 22.5. The molecule has 24 heavy (non-hydrogen) atoms. The van der Waals surface area contributed by atoms with Crippen molar-refractivity contribution >= 4 is 35.8 Å². The molecular formula is C15H29IN6O2. The molecule has 1 aromatic heterocycles. The number of methoxy groups -OCH3 is 1. The third-order valence-corrected chi connectivity index (χ3v) is 3.34. The normalized spacial score (nSPS) is 10.8. The van der Waals surface area contributed by atoms with Crippen molar-refractivity contribution in [1.82, 2.24) is 25.3 Å². The Bertz CT molecular complexity index is 556. The first-order valence-electron chi connectivity index (χ1n) is 7.75. The lowest BCUT2D eigenvalue weighted by Crippen LogP contribution is -2.42. The van der Waals surface area contributed by atoms with Gasteiger partial charge < -0.3 is 20.3 Å². The molecule has 0 aliphatic carbocycles. The van der Waals surface area contributed by atoms with E-state index < -0.39 is 0 Å². The Balaban J connectivity index is 0.00000529. The number of rotatable bonds is 7. The van der Waals surface area contributed by atoms with Gasteiger partial charge in [0.1, 0.15) is 0 Å². The third-order valence-electron chi connectivity index (χ3n) is 3.34. The summed E-state index contributed by atoms with van der Waals surface area (Å²) < 4.78 is 7.13. The Morgan fingerprint density at radius 1 is 1.33 bits per heavy atom. The molecule has 0 fully saturated rings. The van der Waals surface area contributed by atoms with Gasteiger partial charge in [-0.25, -0.2) is 9.67 Å². The zero-order valence-corrected chi connectivity index (χ0v) is 17.7. The minimum Gasteiger partial charge on any atom is -0.481 e. The van der Waals surface area contributed by atoms with Crippen molar-refractivity contribution in [2.24, 2.45) is 12.0 Å². The molecule has 138 valence electrons. The fourth-order valence-corrected chi connectivity index (χ4v) is 2.12. The van der Waals surface area contributed by atoms with Crippen molar-refractivity contribution in [1.29, 1.82) is 0 Å². The van der Waals surface area contributed by atoms with Crippen LogP contribution in [0.3, 0.4) is 0 Å². The summed E-state index contributed by atoms with van der Waals surface area (Å²) in [5.41, 5.74) is 1.93. The Kier molecular flexibility index (Phi) is 10.4. The van der Waals surface area contributed by atoms with E-state index in [0.29, 0.717) is 24.9 Å². The predicted octanol–water partition coefficient (Wildman–Crippen LogP) is 0.752. The van der Waals surface area contributed by atoms with Crippen molar-refractivity contribution in [3.8, 4) is 5.88 Å². The quantitative estimate of drug-likeness (QED) is 0.363. The average molecular weight is 452 g/mol. The number of nitrogens with one attached hydrogen (secondary N) is 2. The molecule has 0 bridgehead atoms. The zero-order chi connectivity index (χ0) is 17.4.